The summed E-state index contributed by atoms with van der Waals surface area (Å²) in [5.74, 6) is 1.50. The highest BCUT2D eigenvalue weighted by Gasteiger charge is 2.35. The Morgan fingerprint density at radius 1 is 1.22 bits per heavy atom. The van der Waals surface area contributed by atoms with Crippen molar-refractivity contribution < 1.29 is 14.1 Å². The number of aromatic nitrogens is 2. The highest BCUT2D eigenvalue weighted by molar-refractivity contribution is 5.79. The molecule has 23 heavy (non-hydrogen) atoms. The van der Waals surface area contributed by atoms with Crippen LogP contribution in [-0.4, -0.2) is 71.8 Å². The molecule has 0 spiro atoms. The summed E-state index contributed by atoms with van der Waals surface area (Å²) in [5.41, 5.74) is -0.139. The Morgan fingerprint density at radius 2 is 1.96 bits per heavy atom. The first-order valence-electron chi connectivity index (χ1n) is 8.35. The monoisotopic (exact) mass is 322 g/mol. The summed E-state index contributed by atoms with van der Waals surface area (Å²) in [4.78, 5) is 21.0. The van der Waals surface area contributed by atoms with Crippen molar-refractivity contribution in [2.24, 2.45) is 0 Å². The summed E-state index contributed by atoms with van der Waals surface area (Å²) in [7, 11) is 0. The van der Waals surface area contributed by atoms with Crippen LogP contribution in [0.25, 0.3) is 0 Å². The van der Waals surface area contributed by atoms with E-state index >= 15 is 0 Å². The second-order valence-corrected chi connectivity index (χ2v) is 7.40. The number of carbonyl (C=O) groups excluding carboxylic acids is 1. The molecule has 2 aliphatic rings. The first-order chi connectivity index (χ1) is 10.9. The van der Waals surface area contributed by atoms with Crippen molar-refractivity contribution in [1.82, 2.24) is 19.9 Å². The highest BCUT2D eigenvalue weighted by atomic mass is 16.5. The van der Waals surface area contributed by atoms with E-state index in [0.717, 1.165) is 39.4 Å². The third kappa shape index (κ3) is 3.90. The zero-order chi connectivity index (χ0) is 16.4. The molecule has 7 heteroatoms. The number of ether oxygens (including phenoxy) is 1. The smallest absolute Gasteiger partial charge is 0.232 e. The SMILES string of the molecule is CC(C)(C)c1noc([C@H]2CC(=O)N(CCN3CCOCC3)C2)n1. The maximum absolute atomic E-state index is 12.2. The second-order valence-electron chi connectivity index (χ2n) is 7.40. The van der Waals surface area contributed by atoms with Crippen molar-refractivity contribution in [2.45, 2.75) is 38.5 Å². The van der Waals surface area contributed by atoms with Crippen molar-refractivity contribution in [1.29, 1.82) is 0 Å². The Balaban J connectivity index is 1.55. The molecule has 0 aromatic carbocycles. The fourth-order valence-corrected chi connectivity index (χ4v) is 2.95. The number of amides is 1. The van der Waals surface area contributed by atoms with Crippen LogP contribution in [0.1, 0.15) is 44.8 Å². The molecule has 2 aliphatic heterocycles. The molecule has 7 nitrogen and oxygen atoms in total. The molecule has 1 amide bonds. The van der Waals surface area contributed by atoms with Gasteiger partial charge < -0.3 is 14.2 Å². The summed E-state index contributed by atoms with van der Waals surface area (Å²) in [5, 5.41) is 4.06. The molecular weight excluding hydrogens is 296 g/mol. The number of morpholine rings is 1. The molecule has 0 bridgehead atoms. The largest absolute Gasteiger partial charge is 0.379 e. The van der Waals surface area contributed by atoms with Crippen LogP contribution < -0.4 is 0 Å². The summed E-state index contributed by atoms with van der Waals surface area (Å²) in [6, 6.07) is 0. The number of hydrogen-bond acceptors (Lipinski definition) is 6. The van der Waals surface area contributed by atoms with Crippen LogP contribution in [0.2, 0.25) is 0 Å². The van der Waals surface area contributed by atoms with Gasteiger partial charge >= 0.3 is 0 Å². The van der Waals surface area contributed by atoms with E-state index in [1.807, 2.05) is 4.90 Å². The van der Waals surface area contributed by atoms with Crippen molar-refractivity contribution in [3.05, 3.63) is 11.7 Å². The minimum Gasteiger partial charge on any atom is -0.379 e. The number of nitrogens with zero attached hydrogens (tertiary/aromatic N) is 4. The highest BCUT2D eigenvalue weighted by Crippen LogP contribution is 2.28. The van der Waals surface area contributed by atoms with Crippen molar-refractivity contribution in [3.8, 4) is 0 Å². The average molecular weight is 322 g/mol. The van der Waals surface area contributed by atoms with Crippen LogP contribution in [0.4, 0.5) is 0 Å². The molecule has 2 fully saturated rings. The third-order valence-corrected chi connectivity index (χ3v) is 4.47. The van der Waals surface area contributed by atoms with E-state index in [-0.39, 0.29) is 17.2 Å². The van der Waals surface area contributed by atoms with Gasteiger partial charge in [0.25, 0.3) is 0 Å². The van der Waals surface area contributed by atoms with Gasteiger partial charge in [-0.05, 0) is 0 Å². The van der Waals surface area contributed by atoms with Gasteiger partial charge in [-0.1, -0.05) is 25.9 Å². The molecule has 0 radical (unpaired) electrons. The average Bonchev–Trinajstić information content (AvgIpc) is 3.12. The van der Waals surface area contributed by atoms with Crippen LogP contribution in [0, 0.1) is 0 Å². The lowest BCUT2D eigenvalue weighted by molar-refractivity contribution is -0.128. The van der Waals surface area contributed by atoms with E-state index in [1.165, 1.54) is 0 Å². The molecule has 0 unspecified atom stereocenters. The molecule has 0 aliphatic carbocycles. The molecular formula is C16H26N4O3. The minimum absolute atomic E-state index is 0.0239. The fourth-order valence-electron chi connectivity index (χ4n) is 2.95. The lowest BCUT2D eigenvalue weighted by Gasteiger charge is -2.28. The number of carbonyl (C=O) groups is 1. The Hall–Kier alpha value is -1.47. The van der Waals surface area contributed by atoms with Gasteiger partial charge in [-0.3, -0.25) is 9.69 Å². The molecule has 3 rings (SSSR count). The summed E-state index contributed by atoms with van der Waals surface area (Å²) >= 11 is 0. The van der Waals surface area contributed by atoms with Crippen molar-refractivity contribution in [2.75, 3.05) is 45.9 Å². The van der Waals surface area contributed by atoms with Gasteiger partial charge in [0.2, 0.25) is 11.8 Å². The van der Waals surface area contributed by atoms with Crippen LogP contribution >= 0.6 is 0 Å². The number of rotatable bonds is 4. The Labute approximate surface area is 137 Å². The van der Waals surface area contributed by atoms with Gasteiger partial charge in [-0.2, -0.15) is 4.98 Å². The second kappa shape index (κ2) is 6.57. The molecule has 1 aromatic heterocycles. The maximum atomic E-state index is 12.2. The van der Waals surface area contributed by atoms with E-state index in [0.29, 0.717) is 24.7 Å². The Morgan fingerprint density at radius 3 is 2.61 bits per heavy atom. The zero-order valence-corrected chi connectivity index (χ0v) is 14.2. The minimum atomic E-state index is -0.139. The van der Waals surface area contributed by atoms with Crippen LogP contribution in [0.3, 0.4) is 0 Å². The zero-order valence-electron chi connectivity index (χ0n) is 14.2. The number of likely N-dealkylation sites (tertiary alicyclic amines) is 1. The van der Waals surface area contributed by atoms with Crippen LogP contribution in [0.5, 0.6) is 0 Å². The van der Waals surface area contributed by atoms with Gasteiger partial charge in [0.1, 0.15) is 0 Å². The Bertz CT molecular complexity index is 546. The molecule has 0 saturated carbocycles. The van der Waals surface area contributed by atoms with Crippen molar-refractivity contribution >= 4 is 5.91 Å². The molecule has 2 saturated heterocycles. The first kappa shape index (κ1) is 16.4. The predicted molar refractivity (Wildman–Crippen MR) is 84.2 cm³/mol. The van der Waals surface area contributed by atoms with E-state index in [9.17, 15) is 4.79 Å². The maximum Gasteiger partial charge on any atom is 0.232 e. The molecule has 1 aromatic rings. The normalized spacial score (nSPS) is 23.7. The molecule has 1 atom stereocenters. The summed E-state index contributed by atoms with van der Waals surface area (Å²) in [6.07, 6.45) is 0.467. The predicted octanol–water partition coefficient (Wildman–Crippen LogP) is 1.02. The standard InChI is InChI=1S/C16H26N4O3/c1-16(2,3)15-17-14(23-18-15)12-10-13(21)20(11-12)5-4-19-6-8-22-9-7-19/h12H,4-11H2,1-3H3/t12-/m0/s1. The lowest BCUT2D eigenvalue weighted by Crippen LogP contribution is -2.41. The third-order valence-electron chi connectivity index (χ3n) is 4.47. The summed E-state index contributed by atoms with van der Waals surface area (Å²) < 4.78 is 10.7. The molecule has 128 valence electrons. The summed E-state index contributed by atoms with van der Waals surface area (Å²) in [6.45, 7) is 12.0. The van der Waals surface area contributed by atoms with Gasteiger partial charge in [-0.15, -0.1) is 0 Å². The lowest BCUT2D eigenvalue weighted by atomic mass is 9.96. The van der Waals surface area contributed by atoms with E-state index < -0.39 is 0 Å². The van der Waals surface area contributed by atoms with Gasteiger partial charge in [0.15, 0.2) is 5.82 Å². The van der Waals surface area contributed by atoms with Gasteiger partial charge in [0, 0.05) is 44.6 Å². The Kier molecular flexibility index (Phi) is 4.68. The van der Waals surface area contributed by atoms with E-state index in [4.69, 9.17) is 9.26 Å². The van der Waals surface area contributed by atoms with E-state index in [2.05, 4.69) is 35.8 Å². The van der Waals surface area contributed by atoms with Gasteiger partial charge in [0.05, 0.1) is 19.1 Å². The van der Waals surface area contributed by atoms with Crippen LogP contribution in [0.15, 0.2) is 4.52 Å². The van der Waals surface area contributed by atoms with Gasteiger partial charge in [-0.25, -0.2) is 0 Å². The quantitative estimate of drug-likeness (QED) is 0.824. The van der Waals surface area contributed by atoms with E-state index in [1.54, 1.807) is 0 Å². The molecule has 0 N–H and O–H groups in total. The van der Waals surface area contributed by atoms with Crippen LogP contribution in [-0.2, 0) is 14.9 Å². The number of hydrogen-bond donors (Lipinski definition) is 0. The van der Waals surface area contributed by atoms with Crippen molar-refractivity contribution in [3.63, 3.8) is 0 Å². The first-order valence-corrected chi connectivity index (χ1v) is 8.35. The fraction of sp³-hybridized carbons (Fsp3) is 0.812. The topological polar surface area (TPSA) is 71.7 Å². The molecule has 3 heterocycles.